The van der Waals surface area contributed by atoms with Gasteiger partial charge in [0.2, 0.25) is 0 Å². The Morgan fingerprint density at radius 2 is 1.79 bits per heavy atom. The van der Waals surface area contributed by atoms with Crippen LogP contribution in [-0.4, -0.2) is 15.9 Å². The minimum absolute atomic E-state index is 0.0771. The number of carbonyl (C=O) groups is 1. The molecular formula is C20H20N2O2. The van der Waals surface area contributed by atoms with Gasteiger partial charge in [-0.05, 0) is 32.9 Å². The van der Waals surface area contributed by atoms with Gasteiger partial charge >= 0.3 is 0 Å². The van der Waals surface area contributed by atoms with Gasteiger partial charge in [-0.2, -0.15) is 0 Å². The van der Waals surface area contributed by atoms with E-state index in [1.54, 1.807) is 0 Å². The lowest BCUT2D eigenvalue weighted by atomic mass is 10.0. The van der Waals surface area contributed by atoms with Crippen LogP contribution in [0.3, 0.4) is 0 Å². The Morgan fingerprint density at radius 3 is 2.50 bits per heavy atom. The highest BCUT2D eigenvalue weighted by molar-refractivity contribution is 5.97. The number of rotatable bonds is 5. The van der Waals surface area contributed by atoms with Crippen molar-refractivity contribution in [1.82, 2.24) is 10.1 Å². The van der Waals surface area contributed by atoms with E-state index in [9.17, 15) is 4.79 Å². The van der Waals surface area contributed by atoms with Gasteiger partial charge in [0, 0.05) is 41.4 Å². The number of aromatic nitrogens is 2. The van der Waals surface area contributed by atoms with Crippen LogP contribution in [0.15, 0.2) is 47.0 Å². The fourth-order valence-corrected chi connectivity index (χ4v) is 2.64. The third-order valence-electron chi connectivity index (χ3n) is 4.03. The molecule has 4 nitrogen and oxygen atoms in total. The Bertz CT molecular complexity index is 864. The molecule has 0 aliphatic heterocycles. The summed E-state index contributed by atoms with van der Waals surface area (Å²) in [5, 5.41) is 4.10. The molecule has 3 aromatic rings. The van der Waals surface area contributed by atoms with Crippen molar-refractivity contribution < 1.29 is 9.32 Å². The quantitative estimate of drug-likeness (QED) is 0.651. The highest BCUT2D eigenvalue weighted by Crippen LogP contribution is 2.21. The molecule has 0 radical (unpaired) electrons. The molecule has 2 aromatic heterocycles. The number of benzene rings is 1. The number of aryl methyl sites for hydroxylation is 4. The summed E-state index contributed by atoms with van der Waals surface area (Å²) >= 11 is 0. The minimum Gasteiger partial charge on any atom is -0.361 e. The smallest absolute Gasteiger partial charge is 0.165 e. The fourth-order valence-electron chi connectivity index (χ4n) is 2.64. The first-order chi connectivity index (χ1) is 11.5. The second-order valence-corrected chi connectivity index (χ2v) is 6.05. The van der Waals surface area contributed by atoms with Crippen molar-refractivity contribution in [3.05, 3.63) is 70.7 Å². The summed E-state index contributed by atoms with van der Waals surface area (Å²) in [4.78, 5) is 16.7. The first-order valence-corrected chi connectivity index (χ1v) is 8.03. The maximum atomic E-state index is 12.4. The van der Waals surface area contributed by atoms with Crippen LogP contribution in [0.1, 0.15) is 39.5 Å². The number of hydrogen-bond donors (Lipinski definition) is 0. The highest BCUT2D eigenvalue weighted by Gasteiger charge is 2.13. The molecule has 0 N–H and O–H groups in total. The van der Waals surface area contributed by atoms with Gasteiger partial charge < -0.3 is 4.52 Å². The molecule has 2 heterocycles. The first kappa shape index (κ1) is 16.1. The van der Waals surface area contributed by atoms with Crippen LogP contribution < -0.4 is 0 Å². The van der Waals surface area contributed by atoms with Crippen LogP contribution >= 0.6 is 0 Å². The third kappa shape index (κ3) is 3.59. The average Bonchev–Trinajstić information content (AvgIpc) is 3.02. The maximum absolute atomic E-state index is 12.4. The van der Waals surface area contributed by atoms with Gasteiger partial charge in [-0.25, -0.2) is 0 Å². The van der Waals surface area contributed by atoms with Crippen LogP contribution in [0.2, 0.25) is 0 Å². The first-order valence-electron chi connectivity index (χ1n) is 8.03. The van der Waals surface area contributed by atoms with Crippen molar-refractivity contribution >= 4 is 5.78 Å². The van der Waals surface area contributed by atoms with E-state index in [1.807, 2.05) is 63.2 Å². The molecule has 0 spiro atoms. The largest absolute Gasteiger partial charge is 0.361 e. The summed E-state index contributed by atoms with van der Waals surface area (Å²) < 4.78 is 5.37. The van der Waals surface area contributed by atoms with E-state index in [2.05, 4.69) is 10.1 Å². The van der Waals surface area contributed by atoms with Crippen molar-refractivity contribution in [2.45, 2.75) is 33.6 Å². The maximum Gasteiger partial charge on any atom is 0.165 e. The molecule has 0 bridgehead atoms. The molecule has 122 valence electrons. The van der Waals surface area contributed by atoms with E-state index in [-0.39, 0.29) is 5.78 Å². The summed E-state index contributed by atoms with van der Waals surface area (Å²) in [7, 11) is 0. The van der Waals surface area contributed by atoms with Crippen molar-refractivity contribution in [3.8, 4) is 11.3 Å². The lowest BCUT2D eigenvalue weighted by Gasteiger charge is -2.04. The molecule has 4 heteroatoms. The Hall–Kier alpha value is -2.75. The van der Waals surface area contributed by atoms with Crippen LogP contribution in [0.5, 0.6) is 0 Å². The molecule has 24 heavy (non-hydrogen) atoms. The van der Waals surface area contributed by atoms with Crippen molar-refractivity contribution in [2.75, 3.05) is 0 Å². The zero-order valence-electron chi connectivity index (χ0n) is 14.2. The van der Waals surface area contributed by atoms with Gasteiger partial charge in [0.05, 0.1) is 0 Å². The Kier molecular flexibility index (Phi) is 4.56. The summed E-state index contributed by atoms with van der Waals surface area (Å²) in [5.41, 5.74) is 5.39. The second kappa shape index (κ2) is 6.79. The Balaban J connectivity index is 1.67. The number of Topliss-reactive ketones (excluding diaryl/α,β-unsaturated/α-hetero) is 1. The molecule has 0 unspecified atom stereocenters. The van der Waals surface area contributed by atoms with Gasteiger partial charge in [-0.1, -0.05) is 35.0 Å². The highest BCUT2D eigenvalue weighted by atomic mass is 16.5. The van der Waals surface area contributed by atoms with Crippen LogP contribution in [0, 0.1) is 20.8 Å². The lowest BCUT2D eigenvalue weighted by Crippen LogP contribution is -2.05. The van der Waals surface area contributed by atoms with Crippen molar-refractivity contribution in [2.24, 2.45) is 0 Å². The van der Waals surface area contributed by atoms with E-state index in [0.717, 1.165) is 28.4 Å². The Morgan fingerprint density at radius 1 is 1.04 bits per heavy atom. The van der Waals surface area contributed by atoms with Gasteiger partial charge in [-0.3, -0.25) is 9.78 Å². The number of pyridine rings is 1. The zero-order valence-corrected chi connectivity index (χ0v) is 14.2. The molecule has 0 saturated heterocycles. The average molecular weight is 320 g/mol. The lowest BCUT2D eigenvalue weighted by molar-refractivity contribution is 0.0979. The fraction of sp³-hybridized carbons (Fsp3) is 0.250. The Labute approximate surface area is 141 Å². The standard InChI is InChI=1S/C20H20N2O2/c1-13-4-7-16(8-5-13)19-12-17(24-22-19)9-11-20(23)18-10-6-14(2)21-15(18)3/h4-8,10,12H,9,11H2,1-3H3. The zero-order chi connectivity index (χ0) is 17.1. The predicted molar refractivity (Wildman–Crippen MR) is 93.0 cm³/mol. The van der Waals surface area contributed by atoms with E-state index in [1.165, 1.54) is 5.56 Å². The topological polar surface area (TPSA) is 56.0 Å². The molecular weight excluding hydrogens is 300 g/mol. The van der Waals surface area contributed by atoms with Gasteiger partial charge in [0.15, 0.2) is 5.78 Å². The van der Waals surface area contributed by atoms with Crippen LogP contribution in [-0.2, 0) is 6.42 Å². The second-order valence-electron chi connectivity index (χ2n) is 6.05. The van der Waals surface area contributed by atoms with Crippen LogP contribution in [0.25, 0.3) is 11.3 Å². The van der Waals surface area contributed by atoms with Gasteiger partial charge in [-0.15, -0.1) is 0 Å². The summed E-state index contributed by atoms with van der Waals surface area (Å²) in [6.45, 7) is 5.83. The van der Waals surface area contributed by atoms with Crippen molar-refractivity contribution in [3.63, 3.8) is 0 Å². The molecule has 0 atom stereocenters. The number of ketones is 1. The third-order valence-corrected chi connectivity index (χ3v) is 4.03. The predicted octanol–water partition coefficient (Wildman–Crippen LogP) is 4.48. The van der Waals surface area contributed by atoms with Crippen LogP contribution in [0.4, 0.5) is 0 Å². The minimum atomic E-state index is 0.0771. The monoisotopic (exact) mass is 320 g/mol. The van der Waals surface area contributed by atoms with E-state index >= 15 is 0 Å². The van der Waals surface area contributed by atoms with E-state index < -0.39 is 0 Å². The summed E-state index contributed by atoms with van der Waals surface area (Å²) in [5.74, 6) is 0.796. The molecule has 0 saturated carbocycles. The number of nitrogens with zero attached hydrogens (tertiary/aromatic N) is 2. The molecule has 0 fully saturated rings. The van der Waals surface area contributed by atoms with E-state index in [0.29, 0.717) is 18.4 Å². The molecule has 3 rings (SSSR count). The van der Waals surface area contributed by atoms with Gasteiger partial charge in [0.25, 0.3) is 0 Å². The number of carbonyl (C=O) groups excluding carboxylic acids is 1. The molecule has 0 aliphatic rings. The summed E-state index contributed by atoms with van der Waals surface area (Å²) in [6, 6.07) is 13.7. The summed E-state index contributed by atoms with van der Waals surface area (Å²) in [6.07, 6.45) is 0.916. The molecule has 1 aromatic carbocycles. The molecule has 0 amide bonds. The van der Waals surface area contributed by atoms with Gasteiger partial charge in [0.1, 0.15) is 11.5 Å². The SMILES string of the molecule is Cc1ccc(-c2cc(CCC(=O)c3ccc(C)nc3C)on2)cc1. The van der Waals surface area contributed by atoms with E-state index in [4.69, 9.17) is 4.52 Å². The number of hydrogen-bond acceptors (Lipinski definition) is 4. The normalized spacial score (nSPS) is 10.8. The van der Waals surface area contributed by atoms with Crippen molar-refractivity contribution in [1.29, 1.82) is 0 Å². The molecule has 0 aliphatic carbocycles.